The Kier molecular flexibility index (Phi) is 3.31. The number of non-ortho nitro benzene ring substituents is 1. The van der Waals surface area contributed by atoms with Crippen LogP contribution in [0, 0.1) is 10.1 Å². The van der Waals surface area contributed by atoms with E-state index in [-0.39, 0.29) is 12.3 Å². The molecule has 4 aromatic rings. The molecule has 0 aliphatic heterocycles. The van der Waals surface area contributed by atoms with E-state index in [0.717, 1.165) is 11.0 Å². The average molecular weight is 320 g/mol. The minimum Gasteiger partial charge on any atom is -0.483 e. The first-order valence-corrected chi connectivity index (χ1v) is 7.31. The lowest BCUT2D eigenvalue weighted by Crippen LogP contribution is -1.99. The molecular weight excluding hydrogens is 308 g/mol. The van der Waals surface area contributed by atoms with Crippen molar-refractivity contribution in [1.82, 2.24) is 15.0 Å². The fourth-order valence-corrected chi connectivity index (χ4v) is 2.63. The van der Waals surface area contributed by atoms with Gasteiger partial charge in [-0.15, -0.1) is 0 Å². The summed E-state index contributed by atoms with van der Waals surface area (Å²) in [6.45, 7) is 0.220. The number of ether oxygens (including phenoxy) is 1. The topological polar surface area (TPSA) is 93.9 Å². The van der Waals surface area contributed by atoms with E-state index < -0.39 is 4.92 Å². The molecule has 0 fully saturated rings. The Hall–Kier alpha value is -3.48. The molecule has 0 atom stereocenters. The minimum absolute atomic E-state index is 0.00851. The summed E-state index contributed by atoms with van der Waals surface area (Å²) >= 11 is 0. The summed E-state index contributed by atoms with van der Waals surface area (Å²) in [4.78, 5) is 22.5. The molecule has 0 saturated carbocycles. The van der Waals surface area contributed by atoms with Crippen LogP contribution >= 0.6 is 0 Å². The molecule has 2 aromatic heterocycles. The van der Waals surface area contributed by atoms with Crippen LogP contribution in [-0.4, -0.2) is 19.9 Å². The van der Waals surface area contributed by atoms with Gasteiger partial charge in [0.25, 0.3) is 5.69 Å². The summed E-state index contributed by atoms with van der Waals surface area (Å²) in [5, 5.41) is 11.6. The fourth-order valence-electron chi connectivity index (χ4n) is 2.63. The van der Waals surface area contributed by atoms with Gasteiger partial charge in [-0.25, -0.2) is 4.98 Å². The second kappa shape index (κ2) is 5.62. The highest BCUT2D eigenvalue weighted by molar-refractivity contribution is 5.92. The monoisotopic (exact) mass is 320 g/mol. The number of benzene rings is 2. The van der Waals surface area contributed by atoms with Crippen molar-refractivity contribution in [3.63, 3.8) is 0 Å². The number of rotatable bonds is 4. The SMILES string of the molecule is O=[N+]([O-])c1ccc(OCc2nc3ccccc3[nH]2)c2ncccc12. The van der Waals surface area contributed by atoms with Crippen LogP contribution in [0.2, 0.25) is 0 Å². The molecule has 0 saturated heterocycles. The Bertz CT molecular complexity index is 1030. The van der Waals surface area contributed by atoms with E-state index in [2.05, 4.69) is 15.0 Å². The number of hydrogen-bond donors (Lipinski definition) is 1. The lowest BCUT2D eigenvalue weighted by atomic mass is 10.1. The number of nitro groups is 1. The molecule has 24 heavy (non-hydrogen) atoms. The van der Waals surface area contributed by atoms with Gasteiger partial charge in [0.1, 0.15) is 23.7 Å². The smallest absolute Gasteiger partial charge is 0.279 e. The number of aromatic nitrogens is 3. The van der Waals surface area contributed by atoms with Crippen molar-refractivity contribution in [3.05, 3.63) is 70.7 Å². The second-order valence-corrected chi connectivity index (χ2v) is 5.23. The zero-order chi connectivity index (χ0) is 16.5. The van der Waals surface area contributed by atoms with E-state index in [0.29, 0.717) is 22.5 Å². The van der Waals surface area contributed by atoms with E-state index >= 15 is 0 Å². The van der Waals surface area contributed by atoms with Crippen molar-refractivity contribution in [3.8, 4) is 5.75 Å². The molecule has 0 aliphatic carbocycles. The lowest BCUT2D eigenvalue weighted by molar-refractivity contribution is -0.383. The van der Waals surface area contributed by atoms with Crippen molar-refractivity contribution in [1.29, 1.82) is 0 Å². The van der Waals surface area contributed by atoms with Gasteiger partial charge < -0.3 is 9.72 Å². The van der Waals surface area contributed by atoms with Crippen LogP contribution in [0.25, 0.3) is 21.9 Å². The van der Waals surface area contributed by atoms with Gasteiger partial charge in [0, 0.05) is 12.3 Å². The summed E-state index contributed by atoms with van der Waals surface area (Å²) < 4.78 is 5.79. The number of aromatic amines is 1. The van der Waals surface area contributed by atoms with Gasteiger partial charge >= 0.3 is 0 Å². The van der Waals surface area contributed by atoms with Gasteiger partial charge in [-0.2, -0.15) is 0 Å². The number of nitrogens with one attached hydrogen (secondary N) is 1. The number of imidazole rings is 1. The third-order valence-corrected chi connectivity index (χ3v) is 3.71. The third-order valence-electron chi connectivity index (χ3n) is 3.71. The standard InChI is InChI=1S/C17H12N4O3/c22-21(23)14-7-8-15(17-11(14)4-3-9-18-17)24-10-16-19-12-5-1-2-6-13(12)20-16/h1-9H,10H2,(H,19,20). The van der Waals surface area contributed by atoms with E-state index in [4.69, 9.17) is 4.74 Å². The van der Waals surface area contributed by atoms with Crippen molar-refractivity contribution >= 4 is 27.6 Å². The molecule has 1 N–H and O–H groups in total. The molecule has 0 radical (unpaired) electrons. The van der Waals surface area contributed by atoms with Crippen LogP contribution < -0.4 is 4.74 Å². The molecule has 118 valence electrons. The Labute approximate surface area is 136 Å². The van der Waals surface area contributed by atoms with Crippen LogP contribution in [-0.2, 0) is 6.61 Å². The van der Waals surface area contributed by atoms with E-state index in [1.807, 2.05) is 24.3 Å². The van der Waals surface area contributed by atoms with Crippen LogP contribution in [0.3, 0.4) is 0 Å². The molecule has 0 unspecified atom stereocenters. The predicted octanol–water partition coefficient (Wildman–Crippen LogP) is 3.60. The van der Waals surface area contributed by atoms with Gasteiger partial charge in [0.15, 0.2) is 0 Å². The highest BCUT2D eigenvalue weighted by atomic mass is 16.6. The van der Waals surface area contributed by atoms with Crippen molar-refractivity contribution < 1.29 is 9.66 Å². The molecule has 2 aromatic carbocycles. The minimum atomic E-state index is -0.424. The predicted molar refractivity (Wildman–Crippen MR) is 88.8 cm³/mol. The molecule has 0 amide bonds. The maximum atomic E-state index is 11.1. The number of pyridine rings is 1. The quantitative estimate of drug-likeness (QED) is 0.458. The molecular formula is C17H12N4O3. The number of para-hydroxylation sites is 2. The molecule has 7 nitrogen and oxygen atoms in total. The first kappa shape index (κ1) is 14.1. The summed E-state index contributed by atoms with van der Waals surface area (Å²) in [5.41, 5.74) is 2.27. The van der Waals surface area contributed by atoms with Gasteiger partial charge in [-0.3, -0.25) is 15.1 Å². The Morgan fingerprint density at radius 1 is 1.12 bits per heavy atom. The Balaban J connectivity index is 1.67. The van der Waals surface area contributed by atoms with Crippen LogP contribution in [0.1, 0.15) is 5.82 Å². The molecule has 4 rings (SSSR count). The molecule has 0 aliphatic rings. The average Bonchev–Trinajstić information content (AvgIpc) is 3.02. The summed E-state index contributed by atoms with van der Waals surface area (Å²) in [5.74, 6) is 1.16. The number of fused-ring (bicyclic) bond motifs is 2. The van der Waals surface area contributed by atoms with Crippen LogP contribution in [0.15, 0.2) is 54.7 Å². The van der Waals surface area contributed by atoms with Crippen molar-refractivity contribution in [2.24, 2.45) is 0 Å². The summed E-state index contributed by atoms with van der Waals surface area (Å²) in [7, 11) is 0. The Morgan fingerprint density at radius 2 is 2.00 bits per heavy atom. The number of nitrogens with zero attached hydrogens (tertiary/aromatic N) is 3. The lowest BCUT2D eigenvalue weighted by Gasteiger charge is -2.07. The zero-order valence-corrected chi connectivity index (χ0v) is 12.5. The molecule has 7 heteroatoms. The highest BCUT2D eigenvalue weighted by Crippen LogP contribution is 2.31. The normalized spacial score (nSPS) is 11.0. The van der Waals surface area contributed by atoms with E-state index in [1.165, 1.54) is 6.07 Å². The fraction of sp³-hybridized carbons (Fsp3) is 0.0588. The summed E-state index contributed by atoms with van der Waals surface area (Å²) in [6, 6.07) is 14.0. The van der Waals surface area contributed by atoms with Crippen LogP contribution in [0.4, 0.5) is 5.69 Å². The first-order valence-electron chi connectivity index (χ1n) is 7.31. The maximum Gasteiger partial charge on any atom is 0.279 e. The molecule has 0 spiro atoms. The van der Waals surface area contributed by atoms with Crippen molar-refractivity contribution in [2.75, 3.05) is 0 Å². The van der Waals surface area contributed by atoms with E-state index in [9.17, 15) is 10.1 Å². The maximum absolute atomic E-state index is 11.1. The van der Waals surface area contributed by atoms with Gasteiger partial charge in [-0.1, -0.05) is 12.1 Å². The van der Waals surface area contributed by atoms with Gasteiger partial charge in [0.05, 0.1) is 21.3 Å². The second-order valence-electron chi connectivity index (χ2n) is 5.23. The van der Waals surface area contributed by atoms with Gasteiger partial charge in [0.2, 0.25) is 0 Å². The molecule has 0 bridgehead atoms. The van der Waals surface area contributed by atoms with Crippen LogP contribution in [0.5, 0.6) is 5.75 Å². The number of nitro benzene ring substituents is 1. The Morgan fingerprint density at radius 3 is 2.83 bits per heavy atom. The molecule has 2 heterocycles. The van der Waals surface area contributed by atoms with E-state index in [1.54, 1.807) is 24.4 Å². The zero-order valence-electron chi connectivity index (χ0n) is 12.5. The number of hydrogen-bond acceptors (Lipinski definition) is 5. The largest absolute Gasteiger partial charge is 0.483 e. The van der Waals surface area contributed by atoms with Gasteiger partial charge in [-0.05, 0) is 30.3 Å². The third kappa shape index (κ3) is 2.41. The highest BCUT2D eigenvalue weighted by Gasteiger charge is 2.16. The number of H-pyrrole nitrogens is 1. The van der Waals surface area contributed by atoms with Crippen molar-refractivity contribution in [2.45, 2.75) is 6.61 Å². The summed E-state index contributed by atoms with van der Waals surface area (Å²) in [6.07, 6.45) is 1.58. The first-order chi connectivity index (χ1) is 11.7.